The van der Waals surface area contributed by atoms with Crippen LogP contribution >= 0.6 is 0 Å². The van der Waals surface area contributed by atoms with Crippen LogP contribution in [0.2, 0.25) is 0 Å². The standard InChI is InChI=1S/C10H8F3NO/c1-2-8(14-5-15)6-3-4-7(11)10(13)9(6)12/h3-4,8H,2H2,1H3. The molecule has 0 fully saturated rings. The van der Waals surface area contributed by atoms with E-state index >= 15 is 0 Å². The van der Waals surface area contributed by atoms with Crippen molar-refractivity contribution in [2.45, 2.75) is 19.4 Å². The molecule has 1 rings (SSSR count). The van der Waals surface area contributed by atoms with E-state index in [1.54, 1.807) is 6.92 Å². The summed E-state index contributed by atoms with van der Waals surface area (Å²) in [6.45, 7) is 1.65. The predicted molar refractivity (Wildman–Crippen MR) is 47.5 cm³/mol. The van der Waals surface area contributed by atoms with Crippen LogP contribution in [0.15, 0.2) is 17.1 Å². The van der Waals surface area contributed by atoms with Crippen LogP contribution in [-0.2, 0) is 4.79 Å². The molecule has 0 saturated carbocycles. The summed E-state index contributed by atoms with van der Waals surface area (Å²) in [6.07, 6.45) is 1.57. The third-order valence-electron chi connectivity index (χ3n) is 2.02. The zero-order chi connectivity index (χ0) is 11.4. The van der Waals surface area contributed by atoms with E-state index in [0.717, 1.165) is 12.1 Å². The van der Waals surface area contributed by atoms with Gasteiger partial charge in [0, 0.05) is 5.56 Å². The number of nitrogens with zero attached hydrogens (tertiary/aromatic N) is 1. The summed E-state index contributed by atoms with van der Waals surface area (Å²) in [5, 5.41) is 0. The second-order valence-electron chi connectivity index (χ2n) is 2.91. The molecule has 1 aromatic carbocycles. The average Bonchev–Trinajstić information content (AvgIpc) is 2.24. The molecule has 0 aliphatic rings. The molecule has 0 spiro atoms. The summed E-state index contributed by atoms with van der Waals surface area (Å²) in [5.74, 6) is -4.12. The Morgan fingerprint density at radius 2 is 2.00 bits per heavy atom. The van der Waals surface area contributed by atoms with E-state index in [1.807, 2.05) is 0 Å². The SMILES string of the molecule is CCC(N=C=O)c1ccc(F)c(F)c1F. The lowest BCUT2D eigenvalue weighted by atomic mass is 10.0. The number of carbonyl (C=O) groups excluding carboxylic acids is 1. The minimum absolute atomic E-state index is 0.139. The third kappa shape index (κ3) is 2.25. The van der Waals surface area contributed by atoms with Crippen LogP contribution in [0.4, 0.5) is 13.2 Å². The van der Waals surface area contributed by atoms with Gasteiger partial charge in [-0.3, -0.25) is 0 Å². The lowest BCUT2D eigenvalue weighted by Gasteiger charge is -2.09. The highest BCUT2D eigenvalue weighted by atomic mass is 19.2. The van der Waals surface area contributed by atoms with Gasteiger partial charge >= 0.3 is 0 Å². The van der Waals surface area contributed by atoms with Crippen molar-refractivity contribution in [2.75, 3.05) is 0 Å². The number of hydrogen-bond donors (Lipinski definition) is 0. The van der Waals surface area contributed by atoms with Crippen LogP contribution in [0, 0.1) is 17.5 Å². The number of rotatable bonds is 3. The molecule has 80 valence electrons. The van der Waals surface area contributed by atoms with Crippen molar-refractivity contribution in [3.8, 4) is 0 Å². The highest BCUT2D eigenvalue weighted by Crippen LogP contribution is 2.25. The van der Waals surface area contributed by atoms with Crippen molar-refractivity contribution in [3.05, 3.63) is 35.1 Å². The normalized spacial score (nSPS) is 12.0. The van der Waals surface area contributed by atoms with Gasteiger partial charge in [-0.2, -0.15) is 4.99 Å². The van der Waals surface area contributed by atoms with E-state index in [9.17, 15) is 18.0 Å². The van der Waals surface area contributed by atoms with Crippen LogP contribution in [-0.4, -0.2) is 6.08 Å². The summed E-state index contributed by atoms with van der Waals surface area (Å²) < 4.78 is 38.6. The van der Waals surface area contributed by atoms with E-state index in [-0.39, 0.29) is 5.56 Å². The van der Waals surface area contributed by atoms with Crippen molar-refractivity contribution in [3.63, 3.8) is 0 Å². The zero-order valence-corrected chi connectivity index (χ0v) is 7.93. The van der Waals surface area contributed by atoms with Gasteiger partial charge in [-0.05, 0) is 12.5 Å². The molecule has 5 heteroatoms. The minimum atomic E-state index is -1.55. The van der Waals surface area contributed by atoms with Gasteiger partial charge in [0.2, 0.25) is 6.08 Å². The Hall–Kier alpha value is -1.61. The van der Waals surface area contributed by atoms with Crippen molar-refractivity contribution in [1.29, 1.82) is 0 Å². The summed E-state index contributed by atoms with van der Waals surface area (Å²) in [4.78, 5) is 13.3. The van der Waals surface area contributed by atoms with Crippen molar-refractivity contribution in [2.24, 2.45) is 4.99 Å². The minimum Gasteiger partial charge on any atom is -0.211 e. The predicted octanol–water partition coefficient (Wildman–Crippen LogP) is 2.89. The topological polar surface area (TPSA) is 29.4 Å². The molecule has 0 N–H and O–H groups in total. The average molecular weight is 215 g/mol. The second kappa shape index (κ2) is 4.75. The molecule has 0 aromatic heterocycles. The molecule has 0 saturated heterocycles. The molecule has 0 heterocycles. The molecule has 1 aromatic rings. The molecule has 1 atom stereocenters. The Labute approximate surface area is 84.4 Å². The first-order valence-electron chi connectivity index (χ1n) is 4.32. The van der Waals surface area contributed by atoms with Gasteiger partial charge in [-0.15, -0.1) is 0 Å². The fraction of sp³-hybridized carbons (Fsp3) is 0.300. The van der Waals surface area contributed by atoms with E-state index in [2.05, 4.69) is 4.99 Å². The first kappa shape index (κ1) is 11.5. The molecular weight excluding hydrogens is 207 g/mol. The van der Waals surface area contributed by atoms with Crippen molar-refractivity contribution < 1.29 is 18.0 Å². The molecule has 0 radical (unpaired) electrons. The summed E-state index contributed by atoms with van der Waals surface area (Å²) >= 11 is 0. The number of hydrogen-bond acceptors (Lipinski definition) is 2. The fourth-order valence-electron chi connectivity index (χ4n) is 1.24. The Balaban J connectivity index is 3.25. The number of aliphatic imine (C=N–C) groups is 1. The Bertz CT molecular complexity index is 413. The fourth-order valence-corrected chi connectivity index (χ4v) is 1.24. The van der Waals surface area contributed by atoms with E-state index in [0.29, 0.717) is 6.42 Å². The Morgan fingerprint density at radius 1 is 1.33 bits per heavy atom. The maximum absolute atomic E-state index is 13.2. The molecule has 2 nitrogen and oxygen atoms in total. The van der Waals surface area contributed by atoms with Crippen LogP contribution in [0.25, 0.3) is 0 Å². The van der Waals surface area contributed by atoms with Crippen LogP contribution in [0.1, 0.15) is 24.9 Å². The molecular formula is C10H8F3NO. The van der Waals surface area contributed by atoms with E-state index in [1.165, 1.54) is 6.08 Å². The first-order valence-corrected chi connectivity index (χ1v) is 4.32. The van der Waals surface area contributed by atoms with Crippen LogP contribution < -0.4 is 0 Å². The van der Waals surface area contributed by atoms with Gasteiger partial charge in [0.25, 0.3) is 0 Å². The van der Waals surface area contributed by atoms with Gasteiger partial charge < -0.3 is 0 Å². The van der Waals surface area contributed by atoms with Crippen molar-refractivity contribution >= 4 is 6.08 Å². The van der Waals surface area contributed by atoms with Gasteiger partial charge in [-0.25, -0.2) is 18.0 Å². The smallest absolute Gasteiger partial charge is 0.211 e. The first-order chi connectivity index (χ1) is 7.11. The van der Waals surface area contributed by atoms with Crippen LogP contribution in [0.5, 0.6) is 0 Å². The molecule has 1 unspecified atom stereocenters. The Kier molecular flexibility index (Phi) is 3.63. The van der Waals surface area contributed by atoms with E-state index < -0.39 is 23.5 Å². The third-order valence-corrected chi connectivity index (χ3v) is 2.02. The molecule has 15 heavy (non-hydrogen) atoms. The van der Waals surface area contributed by atoms with Crippen LogP contribution in [0.3, 0.4) is 0 Å². The second-order valence-corrected chi connectivity index (χ2v) is 2.91. The maximum Gasteiger partial charge on any atom is 0.235 e. The van der Waals surface area contributed by atoms with Gasteiger partial charge in [-0.1, -0.05) is 13.0 Å². The highest BCUT2D eigenvalue weighted by molar-refractivity contribution is 5.36. The van der Waals surface area contributed by atoms with Gasteiger partial charge in [0.1, 0.15) is 0 Å². The molecule has 0 amide bonds. The lowest BCUT2D eigenvalue weighted by Crippen LogP contribution is -2.02. The van der Waals surface area contributed by atoms with Gasteiger partial charge in [0.15, 0.2) is 17.5 Å². The maximum atomic E-state index is 13.2. The summed E-state index contributed by atoms with van der Waals surface area (Å²) in [5.41, 5.74) is -0.139. The molecule has 0 aliphatic carbocycles. The van der Waals surface area contributed by atoms with Gasteiger partial charge in [0.05, 0.1) is 6.04 Å². The number of isocyanates is 1. The summed E-state index contributed by atoms with van der Waals surface area (Å²) in [6, 6.07) is 1.05. The largest absolute Gasteiger partial charge is 0.235 e. The van der Waals surface area contributed by atoms with E-state index in [4.69, 9.17) is 0 Å². The molecule has 0 aliphatic heterocycles. The number of halogens is 3. The number of benzene rings is 1. The lowest BCUT2D eigenvalue weighted by molar-refractivity contribution is 0.434. The summed E-state index contributed by atoms with van der Waals surface area (Å²) in [7, 11) is 0. The van der Waals surface area contributed by atoms with Crippen molar-refractivity contribution in [1.82, 2.24) is 0 Å². The zero-order valence-electron chi connectivity index (χ0n) is 7.93. The highest BCUT2D eigenvalue weighted by Gasteiger charge is 2.18. The quantitative estimate of drug-likeness (QED) is 0.433. The molecule has 0 bridgehead atoms. The Morgan fingerprint density at radius 3 is 2.53 bits per heavy atom. The monoisotopic (exact) mass is 215 g/mol.